The largest absolute Gasteiger partial charge is 0.444 e. The normalized spacial score (nSPS) is 13.0. The van der Waals surface area contributed by atoms with Crippen molar-refractivity contribution in [1.29, 1.82) is 0 Å². The van der Waals surface area contributed by atoms with Gasteiger partial charge < -0.3 is 10.1 Å². The zero-order chi connectivity index (χ0) is 15.6. The number of nitrogens with zero attached hydrogens (tertiary/aromatic N) is 2. The molecule has 5 heteroatoms. The van der Waals surface area contributed by atoms with E-state index in [1.165, 1.54) is 0 Å². The number of carbonyl (C=O) groups excluding carboxylic acids is 1. The molecule has 0 aliphatic carbocycles. The first-order valence-corrected chi connectivity index (χ1v) is 6.99. The summed E-state index contributed by atoms with van der Waals surface area (Å²) < 4.78 is 5.24. The van der Waals surface area contributed by atoms with Crippen LogP contribution >= 0.6 is 0 Å². The minimum absolute atomic E-state index is 0.317. The molecule has 1 heterocycles. The summed E-state index contributed by atoms with van der Waals surface area (Å²) in [7, 11) is 0. The molecule has 2 rings (SSSR count). The molecule has 0 saturated carbocycles. The average molecular weight is 287 g/mol. The highest BCUT2D eigenvalue weighted by molar-refractivity contribution is 5.80. The van der Waals surface area contributed by atoms with Crippen LogP contribution < -0.4 is 5.32 Å². The van der Waals surface area contributed by atoms with E-state index in [1.54, 1.807) is 0 Å². The second-order valence-electron chi connectivity index (χ2n) is 6.05. The highest BCUT2D eigenvalue weighted by Gasteiger charge is 2.19. The summed E-state index contributed by atoms with van der Waals surface area (Å²) in [5, 5.41) is 3.78. The van der Waals surface area contributed by atoms with Gasteiger partial charge in [-0.2, -0.15) is 0 Å². The number of aromatic nitrogens is 2. The molecule has 1 amide bonds. The van der Waals surface area contributed by atoms with Crippen molar-refractivity contribution in [2.24, 2.45) is 0 Å². The number of nitrogens with one attached hydrogen (secondary N) is 1. The predicted molar refractivity (Wildman–Crippen MR) is 82.1 cm³/mol. The molecular weight excluding hydrogens is 266 g/mol. The van der Waals surface area contributed by atoms with Crippen LogP contribution in [0.3, 0.4) is 0 Å². The number of hydrogen-bond acceptors (Lipinski definition) is 4. The van der Waals surface area contributed by atoms with Crippen LogP contribution in [-0.2, 0) is 4.74 Å². The molecule has 0 aliphatic rings. The van der Waals surface area contributed by atoms with Gasteiger partial charge in [-0.15, -0.1) is 0 Å². The molecule has 0 unspecified atom stereocenters. The molecule has 2 aromatic rings. The molecule has 0 fully saturated rings. The van der Waals surface area contributed by atoms with E-state index >= 15 is 0 Å². The van der Waals surface area contributed by atoms with E-state index in [-0.39, 0.29) is 6.04 Å². The third-order valence-corrected chi connectivity index (χ3v) is 2.93. The summed E-state index contributed by atoms with van der Waals surface area (Å²) in [6.45, 7) is 9.26. The standard InChI is InChI=1S/C16H21N3O2/c1-10-12-8-6-7-9-13(12)19-14(17-10)11(2)18-15(20)21-16(3,4)5/h6-9,11H,1-5H3,(H,18,20)/t11-/m0/s1. The first kappa shape index (κ1) is 15.2. The highest BCUT2D eigenvalue weighted by Crippen LogP contribution is 2.18. The Morgan fingerprint density at radius 1 is 1.24 bits per heavy atom. The lowest BCUT2D eigenvalue weighted by Gasteiger charge is -2.21. The average Bonchev–Trinajstić information content (AvgIpc) is 2.36. The van der Waals surface area contributed by atoms with Crippen LogP contribution in [-0.4, -0.2) is 21.7 Å². The quantitative estimate of drug-likeness (QED) is 0.917. The molecule has 0 bridgehead atoms. The molecule has 1 aromatic heterocycles. The van der Waals surface area contributed by atoms with Crippen LogP contribution in [0.2, 0.25) is 0 Å². The summed E-state index contributed by atoms with van der Waals surface area (Å²) in [6, 6.07) is 7.50. The van der Waals surface area contributed by atoms with Crippen molar-refractivity contribution >= 4 is 17.0 Å². The van der Waals surface area contributed by atoms with Gasteiger partial charge >= 0.3 is 6.09 Å². The van der Waals surface area contributed by atoms with Crippen molar-refractivity contribution in [3.8, 4) is 0 Å². The number of alkyl carbamates (subject to hydrolysis) is 1. The van der Waals surface area contributed by atoms with Gasteiger partial charge in [-0.25, -0.2) is 14.8 Å². The number of rotatable bonds is 2. The number of benzene rings is 1. The maximum absolute atomic E-state index is 11.8. The van der Waals surface area contributed by atoms with Gasteiger partial charge in [-0.3, -0.25) is 0 Å². The zero-order valence-electron chi connectivity index (χ0n) is 13.1. The first-order chi connectivity index (χ1) is 9.76. The first-order valence-electron chi connectivity index (χ1n) is 6.99. The molecule has 112 valence electrons. The van der Waals surface area contributed by atoms with E-state index in [9.17, 15) is 4.79 Å². The molecule has 1 aromatic carbocycles. The lowest BCUT2D eigenvalue weighted by atomic mass is 10.2. The number of para-hydroxylation sites is 1. The van der Waals surface area contributed by atoms with Crippen molar-refractivity contribution in [2.75, 3.05) is 0 Å². The van der Waals surface area contributed by atoms with Crippen LogP contribution in [0.1, 0.15) is 45.3 Å². The highest BCUT2D eigenvalue weighted by atomic mass is 16.6. The SMILES string of the molecule is Cc1nc([C@H](C)NC(=O)OC(C)(C)C)nc2ccccc12. The summed E-state index contributed by atoms with van der Waals surface area (Å²) >= 11 is 0. The molecule has 0 saturated heterocycles. The van der Waals surface area contributed by atoms with E-state index in [1.807, 2.05) is 58.9 Å². The maximum Gasteiger partial charge on any atom is 0.408 e. The Hall–Kier alpha value is -2.17. The Morgan fingerprint density at radius 3 is 2.57 bits per heavy atom. The molecule has 21 heavy (non-hydrogen) atoms. The van der Waals surface area contributed by atoms with Gasteiger partial charge in [0.2, 0.25) is 0 Å². The number of carbonyl (C=O) groups is 1. The second-order valence-corrected chi connectivity index (χ2v) is 6.05. The van der Waals surface area contributed by atoms with Crippen molar-refractivity contribution in [1.82, 2.24) is 15.3 Å². The summed E-state index contributed by atoms with van der Waals surface area (Å²) in [6.07, 6.45) is -0.468. The van der Waals surface area contributed by atoms with E-state index < -0.39 is 11.7 Å². The van der Waals surface area contributed by atoms with Crippen LogP contribution in [0.25, 0.3) is 10.9 Å². The van der Waals surface area contributed by atoms with E-state index in [4.69, 9.17) is 4.74 Å². The minimum atomic E-state index is -0.524. The summed E-state index contributed by atoms with van der Waals surface area (Å²) in [5.41, 5.74) is 1.25. The molecule has 0 radical (unpaired) electrons. The third kappa shape index (κ3) is 3.90. The second kappa shape index (κ2) is 5.68. The fourth-order valence-electron chi connectivity index (χ4n) is 2.00. The molecule has 5 nitrogen and oxygen atoms in total. The van der Waals surface area contributed by atoms with E-state index in [0.717, 1.165) is 16.6 Å². The zero-order valence-corrected chi connectivity index (χ0v) is 13.1. The number of amides is 1. The topological polar surface area (TPSA) is 64.1 Å². The van der Waals surface area contributed by atoms with Gasteiger partial charge in [0, 0.05) is 11.1 Å². The van der Waals surface area contributed by atoms with Crippen molar-refractivity contribution in [2.45, 2.75) is 46.3 Å². The fraction of sp³-hybridized carbons (Fsp3) is 0.438. The molecular formula is C16H21N3O2. The summed E-state index contributed by atoms with van der Waals surface area (Å²) in [4.78, 5) is 20.8. The number of hydrogen-bond donors (Lipinski definition) is 1. The van der Waals surface area contributed by atoms with Gasteiger partial charge in [0.05, 0.1) is 11.6 Å². The Morgan fingerprint density at radius 2 is 1.90 bits per heavy atom. The van der Waals surface area contributed by atoms with Gasteiger partial charge in [0.25, 0.3) is 0 Å². The number of aryl methyl sites for hydroxylation is 1. The van der Waals surface area contributed by atoms with Crippen LogP contribution in [0, 0.1) is 6.92 Å². The lowest BCUT2D eigenvalue weighted by molar-refractivity contribution is 0.0506. The molecule has 0 aliphatic heterocycles. The monoisotopic (exact) mass is 287 g/mol. The number of ether oxygens (including phenoxy) is 1. The molecule has 0 spiro atoms. The fourth-order valence-corrected chi connectivity index (χ4v) is 2.00. The van der Waals surface area contributed by atoms with Crippen molar-refractivity contribution in [3.05, 3.63) is 35.8 Å². The molecule has 1 N–H and O–H groups in total. The van der Waals surface area contributed by atoms with E-state index in [2.05, 4.69) is 15.3 Å². The lowest BCUT2D eigenvalue weighted by Crippen LogP contribution is -2.34. The molecule has 1 atom stereocenters. The predicted octanol–water partition coefficient (Wildman–Crippen LogP) is 3.52. The van der Waals surface area contributed by atoms with Gasteiger partial charge in [0.15, 0.2) is 5.82 Å². The van der Waals surface area contributed by atoms with Gasteiger partial charge in [-0.05, 0) is 40.7 Å². The number of fused-ring (bicyclic) bond motifs is 1. The van der Waals surface area contributed by atoms with Crippen molar-refractivity contribution < 1.29 is 9.53 Å². The Labute approximate surface area is 124 Å². The summed E-state index contributed by atoms with van der Waals surface area (Å²) in [5.74, 6) is 0.581. The van der Waals surface area contributed by atoms with Crippen LogP contribution in [0.4, 0.5) is 4.79 Å². The smallest absolute Gasteiger partial charge is 0.408 e. The van der Waals surface area contributed by atoms with Gasteiger partial charge in [0.1, 0.15) is 5.60 Å². The van der Waals surface area contributed by atoms with E-state index in [0.29, 0.717) is 5.82 Å². The Bertz CT molecular complexity index is 662. The Kier molecular flexibility index (Phi) is 4.11. The van der Waals surface area contributed by atoms with Crippen LogP contribution in [0.5, 0.6) is 0 Å². The third-order valence-electron chi connectivity index (χ3n) is 2.93. The maximum atomic E-state index is 11.8. The minimum Gasteiger partial charge on any atom is -0.444 e. The van der Waals surface area contributed by atoms with Crippen LogP contribution in [0.15, 0.2) is 24.3 Å². The van der Waals surface area contributed by atoms with Gasteiger partial charge in [-0.1, -0.05) is 18.2 Å². The van der Waals surface area contributed by atoms with Crippen molar-refractivity contribution in [3.63, 3.8) is 0 Å². The Balaban J connectivity index is 2.20.